The summed E-state index contributed by atoms with van der Waals surface area (Å²) in [4.78, 5) is 14.1. The number of rotatable bonds is 8. The predicted octanol–water partition coefficient (Wildman–Crippen LogP) is 1.83. The lowest BCUT2D eigenvalue weighted by Crippen LogP contribution is -2.47. The van der Waals surface area contributed by atoms with E-state index in [1.807, 2.05) is 6.92 Å². The molecule has 2 atom stereocenters. The Balaban J connectivity index is 2.39. The highest BCUT2D eigenvalue weighted by atomic mass is 16.4. The van der Waals surface area contributed by atoms with Crippen LogP contribution in [-0.2, 0) is 5.60 Å². The lowest BCUT2D eigenvalue weighted by molar-refractivity contribution is 0.0359. The minimum Gasteiger partial charge on any atom is -0.463 e. The first-order valence-corrected chi connectivity index (χ1v) is 7.85. The Morgan fingerprint density at radius 3 is 2.50 bits per heavy atom. The van der Waals surface area contributed by atoms with Crippen molar-refractivity contribution in [2.75, 3.05) is 26.2 Å². The summed E-state index contributed by atoms with van der Waals surface area (Å²) in [5, 5.41) is 15.9. The Kier molecular flexibility index (Phi) is 6.90. The molecular formula is C16H29N3O3. The van der Waals surface area contributed by atoms with E-state index in [0.29, 0.717) is 12.3 Å². The van der Waals surface area contributed by atoms with Crippen LogP contribution in [0.4, 0.5) is 4.79 Å². The topological polar surface area (TPSA) is 77.7 Å². The van der Waals surface area contributed by atoms with E-state index in [1.54, 1.807) is 19.1 Å². The van der Waals surface area contributed by atoms with E-state index in [0.717, 1.165) is 18.8 Å². The zero-order valence-electron chi connectivity index (χ0n) is 14.3. The molecule has 2 unspecified atom stereocenters. The molecule has 6 heteroatoms. The summed E-state index contributed by atoms with van der Waals surface area (Å²) in [5.74, 6) is 1.18. The summed E-state index contributed by atoms with van der Waals surface area (Å²) in [7, 11) is 0. The molecule has 0 saturated carbocycles. The van der Waals surface area contributed by atoms with Gasteiger partial charge in [-0.1, -0.05) is 13.8 Å². The molecule has 0 bridgehead atoms. The molecule has 3 N–H and O–H groups in total. The number of urea groups is 1. The summed E-state index contributed by atoms with van der Waals surface area (Å²) < 4.78 is 5.41. The van der Waals surface area contributed by atoms with Crippen LogP contribution in [0, 0.1) is 6.92 Å². The number of amides is 2. The number of nitrogens with one attached hydrogen (secondary N) is 2. The third-order valence-corrected chi connectivity index (χ3v) is 3.86. The first kappa shape index (κ1) is 18.5. The molecule has 0 spiro atoms. The average Bonchev–Trinajstić information content (AvgIpc) is 2.92. The molecule has 1 aromatic heterocycles. The van der Waals surface area contributed by atoms with Crippen molar-refractivity contribution in [3.63, 3.8) is 0 Å². The van der Waals surface area contributed by atoms with E-state index in [1.165, 1.54) is 0 Å². The van der Waals surface area contributed by atoms with Gasteiger partial charge in [0.05, 0.1) is 6.54 Å². The zero-order chi connectivity index (χ0) is 16.8. The first-order chi connectivity index (χ1) is 10.3. The second-order valence-electron chi connectivity index (χ2n) is 5.82. The SMILES string of the molecule is CCN(CC)C(C)CNC(=O)NCC(C)(O)c1ccc(C)o1. The quantitative estimate of drug-likeness (QED) is 0.684. The van der Waals surface area contributed by atoms with Crippen LogP contribution in [-0.4, -0.2) is 48.3 Å². The second-order valence-corrected chi connectivity index (χ2v) is 5.82. The lowest BCUT2D eigenvalue weighted by atomic mass is 10.0. The third kappa shape index (κ3) is 5.35. The summed E-state index contributed by atoms with van der Waals surface area (Å²) in [6.07, 6.45) is 0. The standard InChI is InChI=1S/C16H29N3O3/c1-6-19(7-2)12(3)10-17-15(20)18-11-16(5,21)14-9-8-13(4)22-14/h8-9,12,21H,6-7,10-11H2,1-5H3,(H2,17,18,20). The summed E-state index contributed by atoms with van der Waals surface area (Å²) in [6, 6.07) is 3.49. The molecule has 6 nitrogen and oxygen atoms in total. The van der Waals surface area contributed by atoms with Gasteiger partial charge in [-0.15, -0.1) is 0 Å². The smallest absolute Gasteiger partial charge is 0.314 e. The Hall–Kier alpha value is -1.53. The van der Waals surface area contributed by atoms with E-state index in [9.17, 15) is 9.90 Å². The van der Waals surface area contributed by atoms with Crippen LogP contribution in [0.3, 0.4) is 0 Å². The van der Waals surface area contributed by atoms with Gasteiger partial charge in [0.15, 0.2) is 0 Å². The Morgan fingerprint density at radius 1 is 1.36 bits per heavy atom. The van der Waals surface area contributed by atoms with Crippen LogP contribution >= 0.6 is 0 Å². The van der Waals surface area contributed by atoms with Crippen molar-refractivity contribution >= 4 is 6.03 Å². The van der Waals surface area contributed by atoms with Crippen molar-refractivity contribution in [2.45, 2.75) is 46.3 Å². The largest absolute Gasteiger partial charge is 0.463 e. The van der Waals surface area contributed by atoms with Crippen molar-refractivity contribution < 1.29 is 14.3 Å². The van der Waals surface area contributed by atoms with Gasteiger partial charge in [0.25, 0.3) is 0 Å². The number of furan rings is 1. The van der Waals surface area contributed by atoms with E-state index in [-0.39, 0.29) is 18.6 Å². The fourth-order valence-corrected chi connectivity index (χ4v) is 2.34. The van der Waals surface area contributed by atoms with Crippen LogP contribution in [0.1, 0.15) is 39.2 Å². The van der Waals surface area contributed by atoms with Crippen molar-refractivity contribution in [3.05, 3.63) is 23.7 Å². The van der Waals surface area contributed by atoms with Gasteiger partial charge in [-0.3, -0.25) is 4.90 Å². The molecule has 1 rings (SSSR count). The number of aliphatic hydroxyl groups is 1. The number of nitrogens with zero attached hydrogens (tertiary/aromatic N) is 1. The molecule has 0 aromatic carbocycles. The van der Waals surface area contributed by atoms with Gasteiger partial charge >= 0.3 is 6.03 Å². The molecule has 2 amide bonds. The van der Waals surface area contributed by atoms with Crippen molar-refractivity contribution in [1.82, 2.24) is 15.5 Å². The van der Waals surface area contributed by atoms with E-state index >= 15 is 0 Å². The maximum absolute atomic E-state index is 11.8. The van der Waals surface area contributed by atoms with Gasteiger partial charge in [-0.2, -0.15) is 0 Å². The number of likely N-dealkylation sites (N-methyl/N-ethyl adjacent to an activating group) is 1. The molecule has 1 heterocycles. The third-order valence-electron chi connectivity index (χ3n) is 3.86. The molecule has 126 valence electrons. The van der Waals surface area contributed by atoms with Crippen molar-refractivity contribution in [1.29, 1.82) is 0 Å². The van der Waals surface area contributed by atoms with Gasteiger partial charge in [0.1, 0.15) is 17.1 Å². The molecule has 0 radical (unpaired) electrons. The average molecular weight is 311 g/mol. The number of hydrogen-bond donors (Lipinski definition) is 3. The van der Waals surface area contributed by atoms with Gasteiger partial charge < -0.3 is 20.2 Å². The summed E-state index contributed by atoms with van der Waals surface area (Å²) >= 11 is 0. The molecule has 0 aliphatic heterocycles. The normalized spacial score (nSPS) is 15.4. The summed E-state index contributed by atoms with van der Waals surface area (Å²) in [6.45, 7) is 12.3. The van der Waals surface area contributed by atoms with Crippen LogP contribution in [0.15, 0.2) is 16.5 Å². The molecule has 0 saturated heterocycles. The van der Waals surface area contributed by atoms with Crippen molar-refractivity contribution in [2.24, 2.45) is 0 Å². The van der Waals surface area contributed by atoms with Crippen LogP contribution in [0.25, 0.3) is 0 Å². The molecule has 0 aliphatic carbocycles. The number of aryl methyl sites for hydroxylation is 1. The Labute approximate surface area is 132 Å². The minimum atomic E-state index is -1.23. The van der Waals surface area contributed by atoms with Gasteiger partial charge in [-0.25, -0.2) is 4.79 Å². The fourth-order valence-electron chi connectivity index (χ4n) is 2.34. The van der Waals surface area contributed by atoms with E-state index < -0.39 is 5.60 Å². The second kappa shape index (κ2) is 8.19. The van der Waals surface area contributed by atoms with Crippen LogP contribution < -0.4 is 10.6 Å². The highest BCUT2D eigenvalue weighted by molar-refractivity contribution is 5.73. The number of carbonyl (C=O) groups is 1. The van der Waals surface area contributed by atoms with E-state index in [2.05, 4.69) is 36.3 Å². The number of hydrogen-bond acceptors (Lipinski definition) is 4. The Morgan fingerprint density at radius 2 is 2.00 bits per heavy atom. The molecule has 0 fully saturated rings. The van der Waals surface area contributed by atoms with Gasteiger partial charge in [0, 0.05) is 12.6 Å². The zero-order valence-corrected chi connectivity index (χ0v) is 14.3. The molecule has 22 heavy (non-hydrogen) atoms. The van der Waals surface area contributed by atoms with Crippen LogP contribution in [0.2, 0.25) is 0 Å². The lowest BCUT2D eigenvalue weighted by Gasteiger charge is -2.27. The van der Waals surface area contributed by atoms with Crippen LogP contribution in [0.5, 0.6) is 0 Å². The Bertz CT molecular complexity index is 467. The fraction of sp³-hybridized carbons (Fsp3) is 0.688. The first-order valence-electron chi connectivity index (χ1n) is 7.85. The highest BCUT2D eigenvalue weighted by Crippen LogP contribution is 2.21. The van der Waals surface area contributed by atoms with Gasteiger partial charge in [-0.05, 0) is 46.0 Å². The summed E-state index contributed by atoms with van der Waals surface area (Å²) in [5.41, 5.74) is -1.23. The molecule has 1 aromatic rings. The predicted molar refractivity (Wildman–Crippen MR) is 86.8 cm³/mol. The number of carbonyl (C=O) groups excluding carboxylic acids is 1. The van der Waals surface area contributed by atoms with Gasteiger partial charge in [0.2, 0.25) is 0 Å². The maximum Gasteiger partial charge on any atom is 0.314 e. The highest BCUT2D eigenvalue weighted by Gasteiger charge is 2.27. The monoisotopic (exact) mass is 311 g/mol. The maximum atomic E-state index is 11.8. The van der Waals surface area contributed by atoms with E-state index in [4.69, 9.17) is 4.42 Å². The van der Waals surface area contributed by atoms with Crippen molar-refractivity contribution in [3.8, 4) is 0 Å². The minimum absolute atomic E-state index is 0.0887. The molecule has 0 aliphatic rings. The molecular weight excluding hydrogens is 282 g/mol.